The van der Waals surface area contributed by atoms with Crippen molar-refractivity contribution in [1.29, 1.82) is 0 Å². The molecule has 3 nitrogen and oxygen atoms in total. The summed E-state index contributed by atoms with van der Waals surface area (Å²) in [4.78, 5) is 0. The molecule has 0 amide bonds. The molecule has 1 N–H and O–H groups in total. The summed E-state index contributed by atoms with van der Waals surface area (Å²) in [6.45, 7) is 0. The van der Waals surface area contributed by atoms with Crippen molar-refractivity contribution in [2.24, 2.45) is 0 Å². The molecule has 1 fully saturated rings. The van der Waals surface area contributed by atoms with Gasteiger partial charge in [-0.1, -0.05) is 11.6 Å². The lowest BCUT2D eigenvalue weighted by molar-refractivity contribution is -0.137. The molecular formula is C12H13ClF3NO2S. The first kappa shape index (κ1) is 15.4. The van der Waals surface area contributed by atoms with E-state index < -0.39 is 21.6 Å². The average Bonchev–Trinajstić information content (AvgIpc) is 2.30. The minimum absolute atomic E-state index is 0.00856. The molecule has 20 heavy (non-hydrogen) atoms. The quantitative estimate of drug-likeness (QED) is 0.906. The van der Waals surface area contributed by atoms with Crippen LogP contribution in [0.4, 0.5) is 18.9 Å². The maximum absolute atomic E-state index is 12.7. The van der Waals surface area contributed by atoms with E-state index in [9.17, 15) is 21.6 Å². The topological polar surface area (TPSA) is 46.2 Å². The predicted molar refractivity (Wildman–Crippen MR) is 71.8 cm³/mol. The molecule has 112 valence electrons. The summed E-state index contributed by atoms with van der Waals surface area (Å²) in [5.41, 5.74) is -0.565. The number of hydrogen-bond donors (Lipinski definition) is 1. The molecule has 0 aromatic heterocycles. The van der Waals surface area contributed by atoms with E-state index in [4.69, 9.17) is 11.6 Å². The Morgan fingerprint density at radius 1 is 1.15 bits per heavy atom. The minimum atomic E-state index is -4.46. The summed E-state index contributed by atoms with van der Waals surface area (Å²) < 4.78 is 60.6. The largest absolute Gasteiger partial charge is 0.416 e. The van der Waals surface area contributed by atoms with E-state index in [-0.39, 0.29) is 28.3 Å². The fourth-order valence-corrected chi connectivity index (χ4v) is 3.83. The smallest absolute Gasteiger partial charge is 0.382 e. The van der Waals surface area contributed by atoms with Crippen LogP contribution in [0.2, 0.25) is 5.02 Å². The SMILES string of the molecule is O=S1(=O)CCC(Nc2cc(Cl)cc(C(F)(F)F)c2)CC1. The van der Waals surface area contributed by atoms with Crippen molar-refractivity contribution >= 4 is 27.1 Å². The second-order valence-corrected chi connectivity index (χ2v) is 7.54. The molecule has 0 radical (unpaired) electrons. The van der Waals surface area contributed by atoms with E-state index in [2.05, 4.69) is 5.32 Å². The Bertz CT molecular complexity index is 587. The first-order valence-electron chi connectivity index (χ1n) is 6.00. The van der Waals surface area contributed by atoms with E-state index in [1.54, 1.807) is 0 Å². The Hall–Kier alpha value is -0.950. The van der Waals surface area contributed by atoms with Gasteiger partial charge in [-0.05, 0) is 31.0 Å². The zero-order valence-electron chi connectivity index (χ0n) is 10.4. The minimum Gasteiger partial charge on any atom is -0.382 e. The molecule has 1 aromatic rings. The molecule has 1 aromatic carbocycles. The summed E-state index contributed by atoms with van der Waals surface area (Å²) in [6.07, 6.45) is -3.69. The summed E-state index contributed by atoms with van der Waals surface area (Å²) in [5, 5.41) is 2.91. The van der Waals surface area contributed by atoms with Crippen molar-refractivity contribution in [3.8, 4) is 0 Å². The third kappa shape index (κ3) is 4.02. The van der Waals surface area contributed by atoms with Crippen molar-refractivity contribution in [3.05, 3.63) is 28.8 Å². The van der Waals surface area contributed by atoms with Crippen LogP contribution in [0.5, 0.6) is 0 Å². The number of sulfone groups is 1. The first-order valence-corrected chi connectivity index (χ1v) is 8.20. The molecule has 0 aliphatic carbocycles. The fraction of sp³-hybridized carbons (Fsp3) is 0.500. The number of rotatable bonds is 2. The predicted octanol–water partition coefficient (Wildman–Crippen LogP) is 3.35. The van der Waals surface area contributed by atoms with Crippen LogP contribution in [-0.2, 0) is 16.0 Å². The number of alkyl halides is 3. The normalized spacial score (nSPS) is 19.8. The maximum Gasteiger partial charge on any atom is 0.416 e. The molecule has 1 heterocycles. The lowest BCUT2D eigenvalue weighted by Crippen LogP contribution is -2.32. The molecule has 1 aliphatic heterocycles. The van der Waals surface area contributed by atoms with Crippen molar-refractivity contribution in [1.82, 2.24) is 0 Å². The second-order valence-electron chi connectivity index (χ2n) is 4.80. The number of hydrogen-bond acceptors (Lipinski definition) is 3. The van der Waals surface area contributed by atoms with Crippen LogP contribution >= 0.6 is 11.6 Å². The summed E-state index contributed by atoms with van der Waals surface area (Å²) >= 11 is 5.68. The third-order valence-corrected chi connectivity index (χ3v) is 5.08. The molecule has 2 rings (SSSR count). The molecule has 8 heteroatoms. The van der Waals surface area contributed by atoms with Crippen LogP contribution < -0.4 is 5.32 Å². The van der Waals surface area contributed by atoms with Crippen LogP contribution in [0.15, 0.2) is 18.2 Å². The van der Waals surface area contributed by atoms with Gasteiger partial charge in [0, 0.05) is 16.8 Å². The van der Waals surface area contributed by atoms with Gasteiger partial charge in [-0.2, -0.15) is 13.2 Å². The maximum atomic E-state index is 12.7. The Kier molecular flexibility index (Phi) is 4.20. The van der Waals surface area contributed by atoms with Gasteiger partial charge in [0.2, 0.25) is 0 Å². The number of halogens is 4. The molecule has 1 aliphatic rings. The number of benzene rings is 1. The molecular weight excluding hydrogens is 315 g/mol. The summed E-state index contributed by atoms with van der Waals surface area (Å²) in [7, 11) is -2.99. The van der Waals surface area contributed by atoms with E-state index in [0.29, 0.717) is 12.8 Å². The summed E-state index contributed by atoms with van der Waals surface area (Å²) in [5.74, 6) is 0.106. The van der Waals surface area contributed by atoms with Gasteiger partial charge in [0.15, 0.2) is 0 Å². The van der Waals surface area contributed by atoms with Gasteiger partial charge < -0.3 is 5.32 Å². The Morgan fingerprint density at radius 3 is 2.30 bits per heavy atom. The molecule has 0 unspecified atom stereocenters. The Labute approximate surface area is 120 Å². The molecule has 0 spiro atoms. The van der Waals surface area contributed by atoms with Gasteiger partial charge in [-0.3, -0.25) is 0 Å². The average molecular weight is 328 g/mol. The molecule has 0 atom stereocenters. The number of nitrogens with one attached hydrogen (secondary N) is 1. The van der Waals surface area contributed by atoms with Crippen LogP contribution in [0.1, 0.15) is 18.4 Å². The highest BCUT2D eigenvalue weighted by atomic mass is 35.5. The lowest BCUT2D eigenvalue weighted by Gasteiger charge is -2.24. The number of anilines is 1. The summed E-state index contributed by atoms with van der Waals surface area (Å²) in [6, 6.07) is 3.09. The van der Waals surface area contributed by atoms with Crippen molar-refractivity contribution in [3.63, 3.8) is 0 Å². The highest BCUT2D eigenvalue weighted by molar-refractivity contribution is 7.91. The zero-order chi connectivity index (χ0) is 15.0. The lowest BCUT2D eigenvalue weighted by atomic mass is 10.1. The van der Waals surface area contributed by atoms with E-state index in [0.717, 1.165) is 12.1 Å². The van der Waals surface area contributed by atoms with Gasteiger partial charge in [0.05, 0.1) is 17.1 Å². The highest BCUT2D eigenvalue weighted by Crippen LogP contribution is 2.33. The second kappa shape index (κ2) is 5.44. The van der Waals surface area contributed by atoms with Crippen LogP contribution in [-0.4, -0.2) is 26.0 Å². The third-order valence-electron chi connectivity index (χ3n) is 3.15. The van der Waals surface area contributed by atoms with E-state index >= 15 is 0 Å². The monoisotopic (exact) mass is 327 g/mol. The highest BCUT2D eigenvalue weighted by Gasteiger charge is 2.31. The van der Waals surface area contributed by atoms with Crippen molar-refractivity contribution in [2.75, 3.05) is 16.8 Å². The van der Waals surface area contributed by atoms with Gasteiger partial charge in [0.1, 0.15) is 9.84 Å². The van der Waals surface area contributed by atoms with Gasteiger partial charge >= 0.3 is 6.18 Å². The fourth-order valence-electron chi connectivity index (χ4n) is 2.11. The first-order chi connectivity index (χ1) is 9.16. The van der Waals surface area contributed by atoms with Crippen molar-refractivity contribution < 1.29 is 21.6 Å². The zero-order valence-corrected chi connectivity index (χ0v) is 11.9. The molecule has 0 saturated carbocycles. The van der Waals surface area contributed by atoms with Gasteiger partial charge in [-0.15, -0.1) is 0 Å². The van der Waals surface area contributed by atoms with E-state index in [1.807, 2.05) is 0 Å². The van der Waals surface area contributed by atoms with Crippen LogP contribution in [0.25, 0.3) is 0 Å². The Morgan fingerprint density at radius 2 is 1.75 bits per heavy atom. The van der Waals surface area contributed by atoms with Crippen LogP contribution in [0.3, 0.4) is 0 Å². The van der Waals surface area contributed by atoms with Crippen LogP contribution in [0, 0.1) is 0 Å². The molecule has 0 bridgehead atoms. The standard InChI is InChI=1S/C12H13ClF3NO2S/c13-9-5-8(12(14,15)16)6-11(7-9)17-10-1-3-20(18,19)4-2-10/h5-7,10,17H,1-4H2. The van der Waals surface area contributed by atoms with E-state index in [1.165, 1.54) is 6.07 Å². The molecule has 1 saturated heterocycles. The Balaban J connectivity index is 2.12. The van der Waals surface area contributed by atoms with Gasteiger partial charge in [-0.25, -0.2) is 8.42 Å². The van der Waals surface area contributed by atoms with Crippen molar-refractivity contribution in [2.45, 2.75) is 25.1 Å². The van der Waals surface area contributed by atoms with Gasteiger partial charge in [0.25, 0.3) is 0 Å².